The van der Waals surface area contributed by atoms with Crippen LogP contribution in [-0.2, 0) is 6.42 Å². The minimum absolute atomic E-state index is 0.0105. The molecule has 2 N–H and O–H groups in total. The van der Waals surface area contributed by atoms with Gasteiger partial charge in [-0.3, -0.25) is 0 Å². The SMILES string of the molecule is CCC/C(C)=C/CC/C(C)=C/Cc1c(C)c(O)c(OC)c(OC)c1O. The standard InChI is InChI=1S/C21H32O4/c1-7-9-14(2)10-8-11-15(3)12-13-17-16(4)18(22)20(24-5)21(25-6)19(17)23/h10,12,22-23H,7-9,11,13H2,1-6H3/b14-10+,15-12+. The highest BCUT2D eigenvalue weighted by atomic mass is 16.5. The molecule has 0 unspecified atom stereocenters. The number of phenols is 2. The van der Waals surface area contributed by atoms with E-state index in [-0.39, 0.29) is 23.0 Å². The number of rotatable bonds is 9. The summed E-state index contributed by atoms with van der Waals surface area (Å²) < 4.78 is 10.3. The first-order valence-electron chi connectivity index (χ1n) is 8.83. The quantitative estimate of drug-likeness (QED) is 0.461. The molecule has 4 heteroatoms. The molecule has 0 fully saturated rings. The van der Waals surface area contributed by atoms with E-state index < -0.39 is 0 Å². The number of methoxy groups -OCH3 is 2. The van der Waals surface area contributed by atoms with Crippen LogP contribution in [0.3, 0.4) is 0 Å². The normalized spacial score (nSPS) is 12.4. The van der Waals surface area contributed by atoms with E-state index in [1.165, 1.54) is 31.8 Å². The number of phenolic OH excluding ortho intramolecular Hbond substituents is 2. The number of ether oxygens (including phenoxy) is 2. The van der Waals surface area contributed by atoms with Crippen LogP contribution in [0.2, 0.25) is 0 Å². The van der Waals surface area contributed by atoms with Gasteiger partial charge in [-0.25, -0.2) is 0 Å². The van der Waals surface area contributed by atoms with Gasteiger partial charge in [0.1, 0.15) is 0 Å². The van der Waals surface area contributed by atoms with Gasteiger partial charge in [-0.2, -0.15) is 0 Å². The third-order valence-electron chi connectivity index (χ3n) is 4.47. The summed E-state index contributed by atoms with van der Waals surface area (Å²) in [6.07, 6.45) is 9.27. The second-order valence-corrected chi connectivity index (χ2v) is 6.46. The second kappa shape index (κ2) is 10.0. The number of aromatic hydroxyl groups is 2. The molecule has 1 rings (SSSR count). The van der Waals surface area contributed by atoms with E-state index >= 15 is 0 Å². The van der Waals surface area contributed by atoms with Gasteiger partial charge in [-0.15, -0.1) is 0 Å². The van der Waals surface area contributed by atoms with Crippen LogP contribution in [0.1, 0.15) is 57.6 Å². The van der Waals surface area contributed by atoms with Crippen LogP contribution in [0.25, 0.3) is 0 Å². The van der Waals surface area contributed by atoms with E-state index in [2.05, 4.69) is 32.9 Å². The van der Waals surface area contributed by atoms with E-state index in [9.17, 15) is 10.2 Å². The van der Waals surface area contributed by atoms with E-state index in [0.29, 0.717) is 17.5 Å². The van der Waals surface area contributed by atoms with Gasteiger partial charge < -0.3 is 19.7 Å². The van der Waals surface area contributed by atoms with Crippen molar-refractivity contribution in [3.63, 3.8) is 0 Å². The first-order chi connectivity index (χ1) is 11.9. The van der Waals surface area contributed by atoms with Crippen LogP contribution in [-0.4, -0.2) is 24.4 Å². The Morgan fingerprint density at radius 1 is 0.920 bits per heavy atom. The van der Waals surface area contributed by atoms with Crippen molar-refractivity contribution in [2.24, 2.45) is 0 Å². The smallest absolute Gasteiger partial charge is 0.207 e. The average molecular weight is 348 g/mol. The van der Waals surface area contributed by atoms with Crippen molar-refractivity contribution < 1.29 is 19.7 Å². The summed E-state index contributed by atoms with van der Waals surface area (Å²) in [5, 5.41) is 20.8. The highest BCUT2D eigenvalue weighted by Crippen LogP contribution is 2.48. The van der Waals surface area contributed by atoms with E-state index in [1.807, 2.05) is 0 Å². The molecule has 0 heterocycles. The minimum Gasteiger partial charge on any atom is -0.504 e. The molecule has 0 saturated heterocycles. The molecule has 0 saturated carbocycles. The summed E-state index contributed by atoms with van der Waals surface area (Å²) >= 11 is 0. The second-order valence-electron chi connectivity index (χ2n) is 6.46. The largest absolute Gasteiger partial charge is 0.504 e. The van der Waals surface area contributed by atoms with Crippen molar-refractivity contribution in [1.82, 2.24) is 0 Å². The molecule has 25 heavy (non-hydrogen) atoms. The molecule has 0 spiro atoms. The summed E-state index contributed by atoms with van der Waals surface area (Å²) in [6, 6.07) is 0. The lowest BCUT2D eigenvalue weighted by molar-refractivity contribution is 0.314. The Bertz CT molecular complexity index is 642. The Labute approximate surface area is 151 Å². The van der Waals surface area contributed by atoms with Crippen LogP contribution in [0, 0.1) is 6.92 Å². The topological polar surface area (TPSA) is 58.9 Å². The van der Waals surface area contributed by atoms with Gasteiger partial charge in [-0.05, 0) is 46.5 Å². The Balaban J connectivity index is 2.92. The van der Waals surface area contributed by atoms with Crippen LogP contribution >= 0.6 is 0 Å². The van der Waals surface area contributed by atoms with Crippen molar-refractivity contribution in [2.75, 3.05) is 14.2 Å². The van der Waals surface area contributed by atoms with E-state index in [1.54, 1.807) is 6.92 Å². The summed E-state index contributed by atoms with van der Waals surface area (Å²) in [6.45, 7) is 8.23. The van der Waals surface area contributed by atoms with Gasteiger partial charge in [-0.1, -0.05) is 36.6 Å². The minimum atomic E-state index is 0.0105. The molecule has 0 amide bonds. The molecule has 1 aromatic carbocycles. The summed E-state index contributed by atoms with van der Waals surface area (Å²) in [7, 11) is 2.89. The van der Waals surface area contributed by atoms with E-state index in [4.69, 9.17) is 9.47 Å². The fourth-order valence-electron chi connectivity index (χ4n) is 2.89. The fraction of sp³-hybridized carbons (Fsp3) is 0.524. The predicted octanol–water partition coefficient (Wildman–Crippen LogP) is 5.44. The lowest BCUT2D eigenvalue weighted by Crippen LogP contribution is -1.98. The first kappa shape index (κ1) is 20.9. The van der Waals surface area contributed by atoms with Gasteiger partial charge in [0.15, 0.2) is 11.5 Å². The zero-order valence-electron chi connectivity index (χ0n) is 16.4. The summed E-state index contributed by atoms with van der Waals surface area (Å²) in [5.74, 6) is 0.372. The fourth-order valence-corrected chi connectivity index (χ4v) is 2.89. The van der Waals surface area contributed by atoms with Crippen LogP contribution in [0.4, 0.5) is 0 Å². The third-order valence-corrected chi connectivity index (χ3v) is 4.47. The summed E-state index contributed by atoms with van der Waals surface area (Å²) in [4.78, 5) is 0. The number of benzene rings is 1. The first-order valence-corrected chi connectivity index (χ1v) is 8.83. The van der Waals surface area contributed by atoms with E-state index in [0.717, 1.165) is 19.3 Å². The molecule has 0 aromatic heterocycles. The molecule has 140 valence electrons. The van der Waals surface area contributed by atoms with Crippen molar-refractivity contribution in [3.05, 3.63) is 34.4 Å². The maximum Gasteiger partial charge on any atom is 0.207 e. The monoisotopic (exact) mass is 348 g/mol. The van der Waals surface area contributed by atoms with Crippen LogP contribution < -0.4 is 9.47 Å². The molecule has 1 aromatic rings. The molecule has 0 aliphatic rings. The molecular formula is C21H32O4. The molecule has 0 bridgehead atoms. The van der Waals surface area contributed by atoms with Crippen molar-refractivity contribution in [3.8, 4) is 23.0 Å². The number of hydrogen-bond acceptors (Lipinski definition) is 4. The zero-order valence-corrected chi connectivity index (χ0v) is 16.4. The molecule has 0 aliphatic carbocycles. The Kier molecular flexibility index (Phi) is 8.39. The molecule has 0 aliphatic heterocycles. The van der Waals surface area contributed by atoms with Crippen LogP contribution in [0.5, 0.6) is 23.0 Å². The zero-order chi connectivity index (χ0) is 19.0. The number of hydrogen-bond donors (Lipinski definition) is 2. The van der Waals surface area contributed by atoms with Gasteiger partial charge in [0.2, 0.25) is 11.5 Å². The van der Waals surface area contributed by atoms with Gasteiger partial charge in [0.25, 0.3) is 0 Å². The third kappa shape index (κ3) is 5.45. The van der Waals surface area contributed by atoms with Gasteiger partial charge in [0, 0.05) is 11.1 Å². The lowest BCUT2D eigenvalue weighted by Gasteiger charge is -2.17. The van der Waals surface area contributed by atoms with Gasteiger partial charge >= 0.3 is 0 Å². The van der Waals surface area contributed by atoms with Crippen molar-refractivity contribution in [1.29, 1.82) is 0 Å². The molecular weight excluding hydrogens is 316 g/mol. The lowest BCUT2D eigenvalue weighted by atomic mass is 9.99. The maximum absolute atomic E-state index is 10.5. The Morgan fingerprint density at radius 2 is 1.48 bits per heavy atom. The molecule has 0 atom stereocenters. The summed E-state index contributed by atoms with van der Waals surface area (Å²) in [5.41, 5.74) is 3.97. The Morgan fingerprint density at radius 3 is 2.04 bits per heavy atom. The predicted molar refractivity (Wildman–Crippen MR) is 103 cm³/mol. The van der Waals surface area contributed by atoms with Crippen LogP contribution in [0.15, 0.2) is 23.3 Å². The average Bonchev–Trinajstić information content (AvgIpc) is 2.58. The number of allylic oxidation sites excluding steroid dienone is 4. The van der Waals surface area contributed by atoms with Crippen molar-refractivity contribution in [2.45, 2.75) is 59.8 Å². The van der Waals surface area contributed by atoms with Crippen molar-refractivity contribution >= 4 is 0 Å². The molecule has 4 nitrogen and oxygen atoms in total. The Hall–Kier alpha value is -2.10. The maximum atomic E-state index is 10.5. The molecule has 0 radical (unpaired) electrons. The highest BCUT2D eigenvalue weighted by Gasteiger charge is 2.22. The van der Waals surface area contributed by atoms with Gasteiger partial charge in [0.05, 0.1) is 14.2 Å². The highest BCUT2D eigenvalue weighted by molar-refractivity contribution is 5.66.